The number of hydrogen-bond donors (Lipinski definition) is 0. The molecular weight excluding hydrogens is 271 g/mol. The van der Waals surface area contributed by atoms with Gasteiger partial charge in [-0.2, -0.15) is 13.2 Å². The van der Waals surface area contributed by atoms with E-state index in [1.54, 1.807) is 10.9 Å². The first-order valence-electron chi connectivity index (χ1n) is 6.55. The summed E-state index contributed by atoms with van der Waals surface area (Å²) in [6.45, 7) is 5.19. The molecule has 1 aromatic heterocycles. The quantitative estimate of drug-likeness (QED) is 0.840. The molecule has 0 radical (unpaired) electrons. The Labute approximate surface area is 116 Å². The standard InChI is InChI=1S/C12H20F3N5/c1-11(2)8-19(9-12(13,14)15)4-5-20(11)7-10-6-16-17-18(10)3/h6H,4-5,7-9H2,1-3H3. The van der Waals surface area contributed by atoms with E-state index in [9.17, 15) is 13.2 Å². The first-order chi connectivity index (χ1) is 9.17. The number of rotatable bonds is 3. The minimum Gasteiger partial charge on any atom is -0.292 e. The van der Waals surface area contributed by atoms with Crippen molar-refractivity contribution in [3.63, 3.8) is 0 Å². The lowest BCUT2D eigenvalue weighted by Gasteiger charge is -2.47. The van der Waals surface area contributed by atoms with Crippen LogP contribution in [0.4, 0.5) is 13.2 Å². The van der Waals surface area contributed by atoms with Gasteiger partial charge in [0.15, 0.2) is 0 Å². The monoisotopic (exact) mass is 291 g/mol. The van der Waals surface area contributed by atoms with Crippen LogP contribution in [0.15, 0.2) is 6.20 Å². The SMILES string of the molecule is Cn1nncc1CN1CCN(CC(F)(F)F)CC1(C)C. The van der Waals surface area contributed by atoms with Gasteiger partial charge in [0.1, 0.15) is 0 Å². The number of piperazine rings is 1. The summed E-state index contributed by atoms with van der Waals surface area (Å²) < 4.78 is 39.1. The van der Waals surface area contributed by atoms with Crippen LogP contribution in [-0.2, 0) is 13.6 Å². The van der Waals surface area contributed by atoms with Crippen LogP contribution in [0.1, 0.15) is 19.5 Å². The van der Waals surface area contributed by atoms with Gasteiger partial charge in [-0.25, -0.2) is 0 Å². The van der Waals surface area contributed by atoms with Crippen molar-refractivity contribution in [3.05, 3.63) is 11.9 Å². The van der Waals surface area contributed by atoms with Gasteiger partial charge >= 0.3 is 6.18 Å². The van der Waals surface area contributed by atoms with E-state index in [1.807, 2.05) is 20.9 Å². The molecule has 0 aliphatic carbocycles. The van der Waals surface area contributed by atoms with Crippen molar-refractivity contribution in [2.24, 2.45) is 7.05 Å². The summed E-state index contributed by atoms with van der Waals surface area (Å²) in [6.07, 6.45) is -2.44. The number of nitrogens with zero attached hydrogens (tertiary/aromatic N) is 5. The molecule has 1 aliphatic rings. The van der Waals surface area contributed by atoms with Crippen molar-refractivity contribution >= 4 is 0 Å². The van der Waals surface area contributed by atoms with Crippen molar-refractivity contribution < 1.29 is 13.2 Å². The molecule has 114 valence electrons. The molecule has 0 saturated carbocycles. The van der Waals surface area contributed by atoms with Crippen LogP contribution in [0, 0.1) is 0 Å². The molecule has 0 atom stereocenters. The molecule has 1 saturated heterocycles. The summed E-state index contributed by atoms with van der Waals surface area (Å²) in [5.41, 5.74) is 0.649. The molecule has 20 heavy (non-hydrogen) atoms. The number of alkyl halides is 3. The fourth-order valence-electron chi connectivity index (χ4n) is 2.62. The van der Waals surface area contributed by atoms with Crippen molar-refractivity contribution in [2.45, 2.75) is 32.1 Å². The molecule has 1 aliphatic heterocycles. The second-order valence-electron chi connectivity index (χ2n) is 5.91. The molecule has 2 rings (SSSR count). The summed E-state index contributed by atoms with van der Waals surface area (Å²) in [6, 6.07) is 0. The molecule has 1 aromatic rings. The van der Waals surface area contributed by atoms with E-state index in [-0.39, 0.29) is 5.54 Å². The summed E-state index contributed by atoms with van der Waals surface area (Å²) in [5.74, 6) is 0. The van der Waals surface area contributed by atoms with Gasteiger partial charge in [0, 0.05) is 38.8 Å². The smallest absolute Gasteiger partial charge is 0.292 e. The third kappa shape index (κ3) is 3.69. The second-order valence-corrected chi connectivity index (χ2v) is 5.91. The molecule has 0 bridgehead atoms. The minimum atomic E-state index is -4.13. The molecule has 0 aromatic carbocycles. The maximum atomic E-state index is 12.5. The van der Waals surface area contributed by atoms with E-state index in [1.165, 1.54) is 4.90 Å². The number of aromatic nitrogens is 3. The Kier molecular flexibility index (Phi) is 4.06. The summed E-state index contributed by atoms with van der Waals surface area (Å²) in [5, 5.41) is 7.70. The molecule has 1 fully saturated rings. The maximum Gasteiger partial charge on any atom is 0.401 e. The first-order valence-corrected chi connectivity index (χ1v) is 6.55. The predicted octanol–water partition coefficient (Wildman–Crippen LogP) is 1.27. The number of halogens is 3. The van der Waals surface area contributed by atoms with Gasteiger partial charge in [0.25, 0.3) is 0 Å². The molecular formula is C12H20F3N5. The van der Waals surface area contributed by atoms with Crippen molar-refractivity contribution in [1.29, 1.82) is 0 Å². The average molecular weight is 291 g/mol. The molecule has 0 N–H and O–H groups in total. The van der Waals surface area contributed by atoms with E-state index in [0.717, 1.165) is 5.69 Å². The van der Waals surface area contributed by atoms with Gasteiger partial charge in [-0.15, -0.1) is 5.10 Å². The zero-order chi connectivity index (χ0) is 15.0. The largest absolute Gasteiger partial charge is 0.401 e. The van der Waals surface area contributed by atoms with Crippen molar-refractivity contribution in [3.8, 4) is 0 Å². The maximum absolute atomic E-state index is 12.5. The fraction of sp³-hybridized carbons (Fsp3) is 0.833. The van der Waals surface area contributed by atoms with E-state index in [4.69, 9.17) is 0 Å². The van der Waals surface area contributed by atoms with Crippen LogP contribution in [0.25, 0.3) is 0 Å². The first kappa shape index (κ1) is 15.2. The Morgan fingerprint density at radius 2 is 2.00 bits per heavy atom. The Morgan fingerprint density at radius 1 is 1.30 bits per heavy atom. The van der Waals surface area contributed by atoms with Crippen molar-refractivity contribution in [2.75, 3.05) is 26.2 Å². The second kappa shape index (κ2) is 5.33. The van der Waals surface area contributed by atoms with Crippen LogP contribution in [0.2, 0.25) is 0 Å². The van der Waals surface area contributed by atoms with E-state index in [2.05, 4.69) is 15.2 Å². The molecule has 8 heteroatoms. The zero-order valence-corrected chi connectivity index (χ0v) is 12.0. The highest BCUT2D eigenvalue weighted by atomic mass is 19.4. The van der Waals surface area contributed by atoms with Gasteiger partial charge in [-0.05, 0) is 13.8 Å². The minimum absolute atomic E-state index is 0.312. The summed E-state index contributed by atoms with van der Waals surface area (Å²) in [7, 11) is 1.81. The molecule has 2 heterocycles. The Hall–Kier alpha value is -1.15. The van der Waals surface area contributed by atoms with Crippen LogP contribution in [-0.4, -0.2) is 62.7 Å². The fourth-order valence-corrected chi connectivity index (χ4v) is 2.62. The Bertz CT molecular complexity index is 454. The molecule has 0 spiro atoms. The van der Waals surface area contributed by atoms with Crippen LogP contribution < -0.4 is 0 Å². The van der Waals surface area contributed by atoms with Crippen LogP contribution >= 0.6 is 0 Å². The predicted molar refractivity (Wildman–Crippen MR) is 68.0 cm³/mol. The molecule has 5 nitrogen and oxygen atoms in total. The van der Waals surface area contributed by atoms with E-state index >= 15 is 0 Å². The summed E-state index contributed by atoms with van der Waals surface area (Å²) in [4.78, 5) is 3.65. The highest BCUT2D eigenvalue weighted by Crippen LogP contribution is 2.25. The topological polar surface area (TPSA) is 37.2 Å². The van der Waals surface area contributed by atoms with Gasteiger partial charge in [-0.3, -0.25) is 14.5 Å². The lowest BCUT2D eigenvalue weighted by molar-refractivity contribution is -0.155. The molecule has 0 unspecified atom stereocenters. The third-order valence-corrected chi connectivity index (χ3v) is 3.72. The Morgan fingerprint density at radius 3 is 2.50 bits per heavy atom. The van der Waals surface area contributed by atoms with Gasteiger partial charge in [0.2, 0.25) is 0 Å². The average Bonchev–Trinajstić information content (AvgIpc) is 2.65. The summed E-state index contributed by atoms with van der Waals surface area (Å²) >= 11 is 0. The Balaban J connectivity index is 1.99. The lowest BCUT2D eigenvalue weighted by atomic mass is 9.98. The van der Waals surface area contributed by atoms with E-state index < -0.39 is 12.7 Å². The normalized spacial score (nSPS) is 21.3. The molecule has 0 amide bonds. The number of aryl methyl sites for hydroxylation is 1. The van der Waals surface area contributed by atoms with Gasteiger partial charge in [-0.1, -0.05) is 5.21 Å². The lowest BCUT2D eigenvalue weighted by Crippen LogP contribution is -2.60. The highest BCUT2D eigenvalue weighted by molar-refractivity contribution is 4.98. The van der Waals surface area contributed by atoms with Crippen LogP contribution in [0.3, 0.4) is 0 Å². The number of hydrogen-bond acceptors (Lipinski definition) is 4. The van der Waals surface area contributed by atoms with Crippen molar-refractivity contribution in [1.82, 2.24) is 24.8 Å². The van der Waals surface area contributed by atoms with Gasteiger partial charge in [0.05, 0.1) is 18.4 Å². The van der Waals surface area contributed by atoms with E-state index in [0.29, 0.717) is 26.2 Å². The van der Waals surface area contributed by atoms with Crippen LogP contribution in [0.5, 0.6) is 0 Å². The highest BCUT2D eigenvalue weighted by Gasteiger charge is 2.38. The zero-order valence-electron chi connectivity index (χ0n) is 12.0. The third-order valence-electron chi connectivity index (χ3n) is 3.72. The van der Waals surface area contributed by atoms with Gasteiger partial charge < -0.3 is 0 Å².